The molecule has 0 fully saturated rings. The number of phenols is 1. The number of carbonyl (C=O) groups is 1. The molecule has 6 heteroatoms. The van der Waals surface area contributed by atoms with Gasteiger partial charge >= 0.3 is 5.97 Å². The minimum absolute atomic E-state index is 0.180. The van der Waals surface area contributed by atoms with Crippen molar-refractivity contribution < 1.29 is 23.8 Å². The third-order valence-corrected chi connectivity index (χ3v) is 1.87. The molecule has 0 aromatic heterocycles. The van der Waals surface area contributed by atoms with Crippen LogP contribution in [0.4, 0.5) is 8.78 Å². The predicted molar refractivity (Wildman–Crippen MR) is 47.3 cm³/mol. The van der Waals surface area contributed by atoms with Gasteiger partial charge in [0.1, 0.15) is 11.9 Å². The molecule has 0 aliphatic heterocycles. The zero-order chi connectivity index (χ0) is 11.6. The number of nitrogens with two attached hydrogens (primary N) is 1. The largest absolute Gasteiger partial charge is 0.505 e. The van der Waals surface area contributed by atoms with E-state index in [2.05, 4.69) is 0 Å². The molecule has 1 aromatic rings. The molecular formula is C9H9F2NO3. The topological polar surface area (TPSA) is 83.5 Å². The normalized spacial score (nSPS) is 12.5. The van der Waals surface area contributed by atoms with Gasteiger partial charge in [-0.15, -0.1) is 0 Å². The SMILES string of the molecule is N[C@@H](Cc1cc(F)c(O)cc1F)C(=O)O. The Balaban J connectivity index is 2.95. The minimum Gasteiger partial charge on any atom is -0.505 e. The molecular weight excluding hydrogens is 208 g/mol. The number of hydrogen-bond donors (Lipinski definition) is 3. The van der Waals surface area contributed by atoms with Crippen LogP contribution in [0.2, 0.25) is 0 Å². The molecule has 0 saturated carbocycles. The molecule has 0 heterocycles. The molecule has 0 spiro atoms. The van der Waals surface area contributed by atoms with Gasteiger partial charge in [0.2, 0.25) is 0 Å². The van der Waals surface area contributed by atoms with Crippen molar-refractivity contribution in [2.75, 3.05) is 0 Å². The first-order valence-electron chi connectivity index (χ1n) is 4.07. The van der Waals surface area contributed by atoms with Gasteiger partial charge in [-0.25, -0.2) is 8.78 Å². The van der Waals surface area contributed by atoms with E-state index in [1.165, 1.54) is 0 Å². The lowest BCUT2D eigenvalue weighted by Crippen LogP contribution is -2.32. The summed E-state index contributed by atoms with van der Waals surface area (Å²) < 4.78 is 25.9. The quantitative estimate of drug-likeness (QED) is 0.693. The summed E-state index contributed by atoms with van der Waals surface area (Å²) in [6, 6.07) is 0.00984. The Morgan fingerprint density at radius 1 is 1.40 bits per heavy atom. The fraction of sp³-hybridized carbons (Fsp3) is 0.222. The molecule has 0 aliphatic rings. The Morgan fingerprint density at radius 3 is 2.53 bits per heavy atom. The van der Waals surface area contributed by atoms with Crippen LogP contribution in [0.15, 0.2) is 12.1 Å². The summed E-state index contributed by atoms with van der Waals surface area (Å²) in [7, 11) is 0. The smallest absolute Gasteiger partial charge is 0.320 e. The number of rotatable bonds is 3. The maximum absolute atomic E-state index is 13.1. The molecule has 0 aliphatic carbocycles. The molecule has 82 valence electrons. The zero-order valence-corrected chi connectivity index (χ0v) is 7.58. The number of carboxylic acids is 1. The summed E-state index contributed by atoms with van der Waals surface area (Å²) in [6.45, 7) is 0. The molecule has 0 bridgehead atoms. The summed E-state index contributed by atoms with van der Waals surface area (Å²) in [6.07, 6.45) is -0.335. The van der Waals surface area contributed by atoms with E-state index in [4.69, 9.17) is 15.9 Å². The highest BCUT2D eigenvalue weighted by Crippen LogP contribution is 2.20. The Hall–Kier alpha value is -1.69. The van der Waals surface area contributed by atoms with Gasteiger partial charge in [-0.3, -0.25) is 4.79 Å². The van der Waals surface area contributed by atoms with Crippen molar-refractivity contribution in [3.05, 3.63) is 29.3 Å². The predicted octanol–water partition coefficient (Wildman–Crippen LogP) is 0.625. The van der Waals surface area contributed by atoms with Crippen LogP contribution in [0.25, 0.3) is 0 Å². The second kappa shape index (κ2) is 4.22. The molecule has 1 aromatic carbocycles. The van der Waals surface area contributed by atoms with Crippen LogP contribution < -0.4 is 5.73 Å². The van der Waals surface area contributed by atoms with Crippen molar-refractivity contribution in [1.82, 2.24) is 0 Å². The van der Waals surface area contributed by atoms with E-state index >= 15 is 0 Å². The van der Waals surface area contributed by atoms with Gasteiger partial charge in [0.05, 0.1) is 0 Å². The third kappa shape index (κ3) is 2.63. The number of carboxylic acid groups (broad SMARTS) is 1. The lowest BCUT2D eigenvalue weighted by atomic mass is 10.1. The second-order valence-corrected chi connectivity index (χ2v) is 3.04. The Bertz CT molecular complexity index is 395. The highest BCUT2D eigenvalue weighted by Gasteiger charge is 2.16. The molecule has 0 radical (unpaired) electrons. The van der Waals surface area contributed by atoms with Gasteiger partial charge in [0, 0.05) is 12.5 Å². The number of benzene rings is 1. The molecule has 0 amide bonds. The third-order valence-electron chi connectivity index (χ3n) is 1.87. The lowest BCUT2D eigenvalue weighted by molar-refractivity contribution is -0.138. The van der Waals surface area contributed by atoms with Crippen LogP contribution in [-0.2, 0) is 11.2 Å². The maximum Gasteiger partial charge on any atom is 0.320 e. The van der Waals surface area contributed by atoms with E-state index in [0.29, 0.717) is 6.07 Å². The first-order valence-corrected chi connectivity index (χ1v) is 4.07. The first-order chi connectivity index (χ1) is 6.91. The monoisotopic (exact) mass is 217 g/mol. The number of aromatic hydroxyl groups is 1. The van der Waals surface area contributed by atoms with E-state index in [1.54, 1.807) is 0 Å². The molecule has 1 atom stereocenters. The average molecular weight is 217 g/mol. The number of halogens is 2. The molecule has 15 heavy (non-hydrogen) atoms. The van der Waals surface area contributed by atoms with Gasteiger partial charge in [0.25, 0.3) is 0 Å². The van der Waals surface area contributed by atoms with E-state index in [1.807, 2.05) is 0 Å². The van der Waals surface area contributed by atoms with Crippen molar-refractivity contribution in [1.29, 1.82) is 0 Å². The molecule has 4 N–H and O–H groups in total. The summed E-state index contributed by atoms with van der Waals surface area (Å²) in [5.74, 6) is -4.02. The van der Waals surface area contributed by atoms with E-state index in [-0.39, 0.29) is 12.0 Å². The summed E-state index contributed by atoms with van der Waals surface area (Å²) in [4.78, 5) is 10.4. The van der Waals surface area contributed by atoms with Crippen LogP contribution in [0.1, 0.15) is 5.56 Å². The Kier molecular flexibility index (Phi) is 3.21. The minimum atomic E-state index is -1.30. The molecule has 0 unspecified atom stereocenters. The van der Waals surface area contributed by atoms with Gasteiger partial charge in [-0.1, -0.05) is 0 Å². The van der Waals surface area contributed by atoms with Crippen molar-refractivity contribution in [3.63, 3.8) is 0 Å². The van der Waals surface area contributed by atoms with E-state index < -0.39 is 29.4 Å². The standard InChI is InChI=1S/C9H9F2NO3/c10-5-3-8(13)6(11)1-4(5)2-7(12)9(14)15/h1,3,7,13H,2,12H2,(H,14,15)/t7-/m0/s1. The van der Waals surface area contributed by atoms with Crippen LogP contribution in [-0.4, -0.2) is 22.2 Å². The van der Waals surface area contributed by atoms with Crippen molar-refractivity contribution in [2.45, 2.75) is 12.5 Å². The highest BCUT2D eigenvalue weighted by molar-refractivity contribution is 5.73. The Morgan fingerprint density at radius 2 is 2.00 bits per heavy atom. The second-order valence-electron chi connectivity index (χ2n) is 3.04. The van der Waals surface area contributed by atoms with Gasteiger partial charge in [0.15, 0.2) is 11.6 Å². The van der Waals surface area contributed by atoms with Crippen LogP contribution in [0.3, 0.4) is 0 Å². The maximum atomic E-state index is 13.1. The van der Waals surface area contributed by atoms with E-state index in [9.17, 15) is 13.6 Å². The molecule has 4 nitrogen and oxygen atoms in total. The number of aliphatic carboxylic acids is 1. The van der Waals surface area contributed by atoms with Crippen LogP contribution >= 0.6 is 0 Å². The fourth-order valence-electron chi connectivity index (χ4n) is 1.06. The summed E-state index contributed by atoms with van der Waals surface area (Å²) in [5.41, 5.74) is 4.97. The average Bonchev–Trinajstić information content (AvgIpc) is 2.13. The summed E-state index contributed by atoms with van der Waals surface area (Å²) in [5, 5.41) is 17.3. The lowest BCUT2D eigenvalue weighted by Gasteiger charge is -2.08. The number of phenolic OH excluding ortho intramolecular Hbond substituents is 1. The highest BCUT2D eigenvalue weighted by atomic mass is 19.1. The Labute approximate surface area is 83.9 Å². The van der Waals surface area contributed by atoms with E-state index in [0.717, 1.165) is 6.07 Å². The van der Waals surface area contributed by atoms with Gasteiger partial charge in [-0.2, -0.15) is 0 Å². The first kappa shape index (κ1) is 11.4. The van der Waals surface area contributed by atoms with Gasteiger partial charge < -0.3 is 15.9 Å². The van der Waals surface area contributed by atoms with Crippen molar-refractivity contribution >= 4 is 5.97 Å². The summed E-state index contributed by atoms with van der Waals surface area (Å²) >= 11 is 0. The molecule has 0 saturated heterocycles. The van der Waals surface area contributed by atoms with Gasteiger partial charge in [-0.05, 0) is 11.6 Å². The van der Waals surface area contributed by atoms with Crippen LogP contribution in [0, 0.1) is 11.6 Å². The molecule has 1 rings (SSSR count). The van der Waals surface area contributed by atoms with Crippen LogP contribution in [0.5, 0.6) is 5.75 Å². The van der Waals surface area contributed by atoms with Crippen molar-refractivity contribution in [2.24, 2.45) is 5.73 Å². The number of hydrogen-bond acceptors (Lipinski definition) is 3. The zero-order valence-electron chi connectivity index (χ0n) is 7.58. The fourth-order valence-corrected chi connectivity index (χ4v) is 1.06. The van der Waals surface area contributed by atoms with Crippen molar-refractivity contribution in [3.8, 4) is 5.75 Å².